The van der Waals surface area contributed by atoms with Crippen LogP contribution >= 0.6 is 0 Å². The summed E-state index contributed by atoms with van der Waals surface area (Å²) in [5.41, 5.74) is 4.72. The molecule has 0 spiro atoms. The van der Waals surface area contributed by atoms with Crippen molar-refractivity contribution >= 4 is 5.97 Å². The number of hydrogen-bond acceptors (Lipinski definition) is 3. The van der Waals surface area contributed by atoms with E-state index >= 15 is 0 Å². The summed E-state index contributed by atoms with van der Waals surface area (Å²) in [5.74, 6) is 0.00694. The van der Waals surface area contributed by atoms with E-state index < -0.39 is 11.5 Å². The zero-order valence-corrected chi connectivity index (χ0v) is 12.1. The molecule has 2 fully saturated rings. The molecule has 110 valence electrons. The van der Waals surface area contributed by atoms with Crippen LogP contribution < -0.4 is 5.73 Å². The SMILES string of the molecule is CC(N)(CCCN1CCCC1C1CCCC1)C(=O)O. The third kappa shape index (κ3) is 3.69. The Bertz CT molecular complexity index is 311. The molecule has 3 N–H and O–H groups in total. The van der Waals surface area contributed by atoms with E-state index in [1.807, 2.05) is 0 Å². The fourth-order valence-corrected chi connectivity index (χ4v) is 3.76. The summed E-state index contributed by atoms with van der Waals surface area (Å²) in [7, 11) is 0. The first-order valence-electron chi connectivity index (χ1n) is 7.77. The molecule has 1 saturated heterocycles. The Hall–Kier alpha value is -0.610. The summed E-state index contributed by atoms with van der Waals surface area (Å²) >= 11 is 0. The molecule has 19 heavy (non-hydrogen) atoms. The number of carboxylic acid groups (broad SMARTS) is 1. The van der Waals surface area contributed by atoms with Crippen molar-refractivity contribution in [1.82, 2.24) is 4.90 Å². The van der Waals surface area contributed by atoms with Crippen LogP contribution in [0.5, 0.6) is 0 Å². The standard InChI is InChI=1S/C15H28N2O2/c1-15(16,14(18)19)9-5-11-17-10-4-8-13(17)12-6-2-3-7-12/h12-13H,2-11,16H2,1H3,(H,18,19). The summed E-state index contributed by atoms with van der Waals surface area (Å²) in [6.07, 6.45) is 9.68. The highest BCUT2D eigenvalue weighted by Gasteiger charge is 2.33. The molecule has 0 bridgehead atoms. The molecule has 0 aromatic carbocycles. The summed E-state index contributed by atoms with van der Waals surface area (Å²) in [6, 6.07) is 0.761. The highest BCUT2D eigenvalue weighted by atomic mass is 16.4. The Labute approximate surface area is 116 Å². The van der Waals surface area contributed by atoms with Crippen molar-refractivity contribution < 1.29 is 9.90 Å². The predicted octanol–water partition coefficient (Wildman–Crippen LogP) is 2.22. The molecule has 1 aliphatic heterocycles. The maximum absolute atomic E-state index is 11.0. The van der Waals surface area contributed by atoms with Gasteiger partial charge in [0.15, 0.2) is 0 Å². The molecular formula is C15H28N2O2. The molecule has 1 aliphatic carbocycles. The molecule has 2 atom stereocenters. The molecule has 0 aromatic rings. The molecule has 4 heteroatoms. The van der Waals surface area contributed by atoms with Gasteiger partial charge in [0.1, 0.15) is 5.54 Å². The van der Waals surface area contributed by atoms with Gasteiger partial charge in [-0.15, -0.1) is 0 Å². The quantitative estimate of drug-likeness (QED) is 0.775. The van der Waals surface area contributed by atoms with Crippen LogP contribution in [-0.4, -0.2) is 40.6 Å². The fraction of sp³-hybridized carbons (Fsp3) is 0.933. The first-order valence-corrected chi connectivity index (χ1v) is 7.77. The van der Waals surface area contributed by atoms with Gasteiger partial charge in [0.05, 0.1) is 0 Å². The second-order valence-electron chi connectivity index (χ2n) is 6.62. The van der Waals surface area contributed by atoms with Crippen molar-refractivity contribution in [2.24, 2.45) is 11.7 Å². The van der Waals surface area contributed by atoms with E-state index in [2.05, 4.69) is 4.90 Å². The Balaban J connectivity index is 1.77. The molecule has 0 radical (unpaired) electrons. The molecule has 2 unspecified atom stereocenters. The van der Waals surface area contributed by atoms with Crippen LogP contribution in [0.2, 0.25) is 0 Å². The van der Waals surface area contributed by atoms with Crippen molar-refractivity contribution in [2.45, 2.75) is 69.9 Å². The lowest BCUT2D eigenvalue weighted by molar-refractivity contribution is -0.142. The van der Waals surface area contributed by atoms with Crippen LogP contribution in [0.3, 0.4) is 0 Å². The van der Waals surface area contributed by atoms with Gasteiger partial charge >= 0.3 is 5.97 Å². The van der Waals surface area contributed by atoms with Crippen LogP contribution in [0.1, 0.15) is 58.3 Å². The maximum Gasteiger partial charge on any atom is 0.323 e. The van der Waals surface area contributed by atoms with Gasteiger partial charge in [-0.2, -0.15) is 0 Å². The zero-order valence-electron chi connectivity index (χ0n) is 12.1. The van der Waals surface area contributed by atoms with E-state index in [4.69, 9.17) is 10.8 Å². The molecule has 1 saturated carbocycles. The Morgan fingerprint density at radius 2 is 2.00 bits per heavy atom. The number of rotatable bonds is 6. The normalized spacial score (nSPS) is 28.6. The van der Waals surface area contributed by atoms with Gasteiger partial charge in [0.25, 0.3) is 0 Å². The van der Waals surface area contributed by atoms with E-state index in [-0.39, 0.29) is 0 Å². The molecule has 1 heterocycles. The van der Waals surface area contributed by atoms with Gasteiger partial charge in [-0.25, -0.2) is 0 Å². The van der Waals surface area contributed by atoms with Crippen molar-refractivity contribution in [1.29, 1.82) is 0 Å². The fourth-order valence-electron chi connectivity index (χ4n) is 3.76. The Kier molecular flexibility index (Phi) is 4.85. The number of likely N-dealkylation sites (tertiary alicyclic amines) is 1. The maximum atomic E-state index is 11.0. The first kappa shape index (κ1) is 14.8. The van der Waals surface area contributed by atoms with E-state index in [0.29, 0.717) is 6.42 Å². The second kappa shape index (κ2) is 6.23. The summed E-state index contributed by atoms with van der Waals surface area (Å²) < 4.78 is 0. The minimum Gasteiger partial charge on any atom is -0.480 e. The number of carbonyl (C=O) groups is 1. The highest BCUT2D eigenvalue weighted by Crippen LogP contribution is 2.35. The lowest BCUT2D eigenvalue weighted by atomic mass is 9.94. The largest absolute Gasteiger partial charge is 0.480 e. The number of hydrogen-bond donors (Lipinski definition) is 2. The van der Waals surface area contributed by atoms with E-state index in [1.165, 1.54) is 45.1 Å². The predicted molar refractivity (Wildman–Crippen MR) is 76.0 cm³/mol. The highest BCUT2D eigenvalue weighted by molar-refractivity contribution is 5.77. The molecular weight excluding hydrogens is 240 g/mol. The Morgan fingerprint density at radius 3 is 2.63 bits per heavy atom. The molecule has 2 aliphatic rings. The van der Waals surface area contributed by atoms with Gasteiger partial charge in [-0.05, 0) is 64.5 Å². The minimum absolute atomic E-state index is 0.566. The third-order valence-electron chi connectivity index (χ3n) is 4.99. The number of nitrogens with two attached hydrogens (primary N) is 1. The van der Waals surface area contributed by atoms with Crippen molar-refractivity contribution in [3.63, 3.8) is 0 Å². The molecule has 0 aromatic heterocycles. The number of aliphatic carboxylic acids is 1. The van der Waals surface area contributed by atoms with Crippen LogP contribution in [0.4, 0.5) is 0 Å². The van der Waals surface area contributed by atoms with Crippen LogP contribution in [0.25, 0.3) is 0 Å². The van der Waals surface area contributed by atoms with E-state index in [1.54, 1.807) is 6.92 Å². The Morgan fingerprint density at radius 1 is 1.32 bits per heavy atom. The third-order valence-corrected chi connectivity index (χ3v) is 4.99. The first-order chi connectivity index (χ1) is 9.00. The van der Waals surface area contributed by atoms with Crippen LogP contribution in [0, 0.1) is 5.92 Å². The van der Waals surface area contributed by atoms with Crippen molar-refractivity contribution in [2.75, 3.05) is 13.1 Å². The van der Waals surface area contributed by atoms with Crippen LogP contribution in [0.15, 0.2) is 0 Å². The summed E-state index contributed by atoms with van der Waals surface area (Å²) in [4.78, 5) is 13.6. The summed E-state index contributed by atoms with van der Waals surface area (Å²) in [6.45, 7) is 3.82. The van der Waals surface area contributed by atoms with Gasteiger partial charge in [0.2, 0.25) is 0 Å². The van der Waals surface area contributed by atoms with Gasteiger partial charge in [0, 0.05) is 6.04 Å². The van der Waals surface area contributed by atoms with Gasteiger partial charge in [-0.3, -0.25) is 4.79 Å². The topological polar surface area (TPSA) is 66.6 Å². The van der Waals surface area contributed by atoms with E-state index in [9.17, 15) is 4.79 Å². The lowest BCUT2D eigenvalue weighted by Gasteiger charge is -2.30. The smallest absolute Gasteiger partial charge is 0.323 e. The number of carboxylic acids is 1. The minimum atomic E-state index is -1.07. The zero-order chi connectivity index (χ0) is 13.9. The number of nitrogens with zero attached hydrogens (tertiary/aromatic N) is 1. The second-order valence-corrected chi connectivity index (χ2v) is 6.62. The average Bonchev–Trinajstić information content (AvgIpc) is 2.97. The molecule has 4 nitrogen and oxygen atoms in total. The average molecular weight is 268 g/mol. The van der Waals surface area contributed by atoms with Crippen molar-refractivity contribution in [3.05, 3.63) is 0 Å². The lowest BCUT2D eigenvalue weighted by Crippen LogP contribution is -2.45. The summed E-state index contributed by atoms with van der Waals surface area (Å²) in [5, 5.41) is 9.02. The molecule has 2 rings (SSSR count). The van der Waals surface area contributed by atoms with Crippen molar-refractivity contribution in [3.8, 4) is 0 Å². The monoisotopic (exact) mass is 268 g/mol. The van der Waals surface area contributed by atoms with Crippen LogP contribution in [-0.2, 0) is 4.79 Å². The van der Waals surface area contributed by atoms with Gasteiger partial charge in [-0.1, -0.05) is 12.8 Å². The molecule has 0 amide bonds. The van der Waals surface area contributed by atoms with Gasteiger partial charge < -0.3 is 15.7 Å². The van der Waals surface area contributed by atoms with E-state index in [0.717, 1.165) is 24.9 Å².